The van der Waals surface area contributed by atoms with E-state index >= 15 is 0 Å². The number of rotatable bonds is 1. The number of hydrogen-bond donors (Lipinski definition) is 1. The lowest BCUT2D eigenvalue weighted by Gasteiger charge is -2.32. The topological polar surface area (TPSA) is 46.3 Å². The first-order chi connectivity index (χ1) is 9.29. The van der Waals surface area contributed by atoms with E-state index in [1.165, 1.54) is 5.57 Å². The van der Waals surface area contributed by atoms with E-state index in [2.05, 4.69) is 26.8 Å². The molecule has 0 unspecified atom stereocenters. The van der Waals surface area contributed by atoms with Crippen molar-refractivity contribution in [3.8, 4) is 0 Å². The smallest absolute Gasteiger partial charge is 0.254 e. The molecule has 108 valence electrons. The van der Waals surface area contributed by atoms with Crippen molar-refractivity contribution in [3.63, 3.8) is 0 Å². The summed E-state index contributed by atoms with van der Waals surface area (Å²) in [6.07, 6.45) is 3.15. The first-order valence-electron chi connectivity index (χ1n) is 7.14. The molecule has 0 aliphatic carbocycles. The van der Waals surface area contributed by atoms with Gasteiger partial charge in [0.2, 0.25) is 0 Å². The molecule has 0 aromatic heterocycles. The summed E-state index contributed by atoms with van der Waals surface area (Å²) in [6, 6.07) is 5.54. The molecule has 1 aliphatic heterocycles. The molecule has 0 bridgehead atoms. The Kier molecular flexibility index (Phi) is 3.89. The molecule has 0 fully saturated rings. The molecule has 1 aromatic carbocycles. The van der Waals surface area contributed by atoms with Gasteiger partial charge in [0.15, 0.2) is 0 Å². The Morgan fingerprint density at radius 2 is 2.00 bits per heavy atom. The highest BCUT2D eigenvalue weighted by Crippen LogP contribution is 2.30. The first kappa shape index (κ1) is 14.6. The van der Waals surface area contributed by atoms with Gasteiger partial charge in [-0.05, 0) is 36.5 Å². The molecule has 1 aromatic rings. The molecule has 3 heteroatoms. The van der Waals surface area contributed by atoms with Gasteiger partial charge in [0.05, 0.1) is 0 Å². The van der Waals surface area contributed by atoms with Crippen molar-refractivity contribution in [1.82, 2.24) is 4.90 Å². The van der Waals surface area contributed by atoms with Crippen LogP contribution in [0.5, 0.6) is 0 Å². The zero-order valence-corrected chi connectivity index (χ0v) is 12.9. The van der Waals surface area contributed by atoms with Crippen LogP contribution in [0.3, 0.4) is 0 Å². The van der Waals surface area contributed by atoms with Gasteiger partial charge in [-0.1, -0.05) is 38.5 Å². The van der Waals surface area contributed by atoms with Crippen LogP contribution < -0.4 is 5.73 Å². The predicted molar refractivity (Wildman–Crippen MR) is 83.6 cm³/mol. The third-order valence-corrected chi connectivity index (χ3v) is 3.99. The van der Waals surface area contributed by atoms with E-state index in [-0.39, 0.29) is 11.3 Å². The standard InChI is InChI=1S/C17H24N2O/c1-12-5-6-13(11-15(12)18)16(20)19-9-7-14(8-10-19)17(2,3)4/h5-7,11H,8-10,18H2,1-4H3. The van der Waals surface area contributed by atoms with Gasteiger partial charge in [0, 0.05) is 24.3 Å². The number of nitrogens with two attached hydrogens (primary N) is 1. The summed E-state index contributed by atoms with van der Waals surface area (Å²) in [5, 5.41) is 0. The Balaban J connectivity index is 2.12. The summed E-state index contributed by atoms with van der Waals surface area (Å²) in [4.78, 5) is 14.3. The Morgan fingerprint density at radius 3 is 2.50 bits per heavy atom. The van der Waals surface area contributed by atoms with E-state index in [0.29, 0.717) is 17.8 Å². The Morgan fingerprint density at radius 1 is 1.30 bits per heavy atom. The minimum absolute atomic E-state index is 0.0703. The van der Waals surface area contributed by atoms with Crippen LogP contribution in [0.15, 0.2) is 29.8 Å². The van der Waals surface area contributed by atoms with E-state index in [0.717, 1.165) is 18.5 Å². The van der Waals surface area contributed by atoms with Crippen molar-refractivity contribution in [2.24, 2.45) is 5.41 Å². The quantitative estimate of drug-likeness (QED) is 0.629. The van der Waals surface area contributed by atoms with Gasteiger partial charge in [-0.15, -0.1) is 0 Å². The summed E-state index contributed by atoms with van der Waals surface area (Å²) in [6.45, 7) is 10.1. The van der Waals surface area contributed by atoms with Gasteiger partial charge in [0.25, 0.3) is 5.91 Å². The molecule has 3 nitrogen and oxygen atoms in total. The lowest BCUT2D eigenvalue weighted by atomic mass is 9.83. The maximum atomic E-state index is 12.5. The van der Waals surface area contributed by atoms with E-state index in [1.54, 1.807) is 6.07 Å². The molecule has 2 N–H and O–H groups in total. The third kappa shape index (κ3) is 3.03. The van der Waals surface area contributed by atoms with Crippen LogP contribution in [0, 0.1) is 12.3 Å². The largest absolute Gasteiger partial charge is 0.398 e. The monoisotopic (exact) mass is 272 g/mol. The molecule has 0 saturated heterocycles. The molecule has 0 saturated carbocycles. The number of anilines is 1. The summed E-state index contributed by atoms with van der Waals surface area (Å²) in [5.74, 6) is 0.0703. The summed E-state index contributed by atoms with van der Waals surface area (Å²) >= 11 is 0. The molecule has 1 heterocycles. The maximum Gasteiger partial charge on any atom is 0.254 e. The molecule has 2 rings (SSSR count). The molecule has 20 heavy (non-hydrogen) atoms. The number of carbonyl (C=O) groups is 1. The number of aryl methyl sites for hydroxylation is 1. The molecular weight excluding hydrogens is 248 g/mol. The molecule has 1 amide bonds. The molecular formula is C17H24N2O. The van der Waals surface area contributed by atoms with Crippen molar-refractivity contribution in [2.45, 2.75) is 34.1 Å². The number of benzene rings is 1. The number of nitrogens with zero attached hydrogens (tertiary/aromatic N) is 1. The average molecular weight is 272 g/mol. The van der Waals surface area contributed by atoms with Crippen LogP contribution in [-0.4, -0.2) is 23.9 Å². The van der Waals surface area contributed by atoms with E-state index in [4.69, 9.17) is 5.73 Å². The average Bonchev–Trinajstić information content (AvgIpc) is 2.40. The van der Waals surface area contributed by atoms with Crippen LogP contribution in [0.25, 0.3) is 0 Å². The number of hydrogen-bond acceptors (Lipinski definition) is 2. The summed E-state index contributed by atoms with van der Waals surface area (Å²) in [5.41, 5.74) is 9.89. The first-order valence-corrected chi connectivity index (χ1v) is 7.14. The Bertz CT molecular complexity index is 553. The van der Waals surface area contributed by atoms with Crippen molar-refractivity contribution < 1.29 is 4.79 Å². The van der Waals surface area contributed by atoms with Gasteiger partial charge in [-0.3, -0.25) is 4.79 Å². The normalized spacial score (nSPS) is 16.0. The van der Waals surface area contributed by atoms with Crippen LogP contribution in [0.4, 0.5) is 5.69 Å². The minimum atomic E-state index is 0.0703. The Labute approximate surface area is 121 Å². The van der Waals surface area contributed by atoms with Gasteiger partial charge in [-0.2, -0.15) is 0 Å². The SMILES string of the molecule is Cc1ccc(C(=O)N2CC=C(C(C)(C)C)CC2)cc1N. The van der Waals surface area contributed by atoms with Gasteiger partial charge in [-0.25, -0.2) is 0 Å². The summed E-state index contributed by atoms with van der Waals surface area (Å²) in [7, 11) is 0. The van der Waals surface area contributed by atoms with E-state index in [9.17, 15) is 4.79 Å². The van der Waals surface area contributed by atoms with Crippen molar-refractivity contribution in [2.75, 3.05) is 18.8 Å². The summed E-state index contributed by atoms with van der Waals surface area (Å²) < 4.78 is 0. The number of nitrogen functional groups attached to an aromatic ring is 1. The second-order valence-corrected chi connectivity index (χ2v) is 6.55. The molecule has 0 spiro atoms. The van der Waals surface area contributed by atoms with Crippen molar-refractivity contribution in [3.05, 3.63) is 41.0 Å². The Hall–Kier alpha value is -1.77. The number of amides is 1. The second kappa shape index (κ2) is 5.31. The highest BCUT2D eigenvalue weighted by Gasteiger charge is 2.24. The van der Waals surface area contributed by atoms with Crippen LogP contribution in [0.1, 0.15) is 43.1 Å². The van der Waals surface area contributed by atoms with E-state index < -0.39 is 0 Å². The fourth-order valence-corrected chi connectivity index (χ4v) is 2.49. The van der Waals surface area contributed by atoms with Crippen LogP contribution in [0.2, 0.25) is 0 Å². The van der Waals surface area contributed by atoms with Crippen molar-refractivity contribution >= 4 is 11.6 Å². The molecule has 0 atom stereocenters. The fourth-order valence-electron chi connectivity index (χ4n) is 2.49. The maximum absolute atomic E-state index is 12.5. The number of carbonyl (C=O) groups excluding carboxylic acids is 1. The van der Waals surface area contributed by atoms with Crippen LogP contribution in [-0.2, 0) is 0 Å². The minimum Gasteiger partial charge on any atom is -0.398 e. The highest BCUT2D eigenvalue weighted by atomic mass is 16.2. The van der Waals surface area contributed by atoms with Crippen LogP contribution >= 0.6 is 0 Å². The highest BCUT2D eigenvalue weighted by molar-refractivity contribution is 5.95. The van der Waals surface area contributed by atoms with Gasteiger partial charge in [0.1, 0.15) is 0 Å². The lowest BCUT2D eigenvalue weighted by molar-refractivity contribution is 0.0765. The molecule has 1 aliphatic rings. The van der Waals surface area contributed by atoms with Gasteiger partial charge < -0.3 is 10.6 Å². The fraction of sp³-hybridized carbons (Fsp3) is 0.471. The zero-order valence-electron chi connectivity index (χ0n) is 12.9. The third-order valence-electron chi connectivity index (χ3n) is 3.99. The molecule has 0 radical (unpaired) electrons. The zero-order chi connectivity index (χ0) is 14.9. The van der Waals surface area contributed by atoms with Gasteiger partial charge >= 0.3 is 0 Å². The predicted octanol–water partition coefficient (Wildman–Crippen LogP) is 3.40. The van der Waals surface area contributed by atoms with Crippen molar-refractivity contribution in [1.29, 1.82) is 0 Å². The lowest BCUT2D eigenvalue weighted by Crippen LogP contribution is -2.36. The second-order valence-electron chi connectivity index (χ2n) is 6.55. The van der Waals surface area contributed by atoms with E-state index in [1.807, 2.05) is 24.0 Å².